The molecule has 9 nitrogen and oxygen atoms in total. The average molecular weight is 486 g/mol. The topological polar surface area (TPSA) is 96.0 Å². The quantitative estimate of drug-likeness (QED) is 0.577. The number of anilines is 3. The maximum atomic E-state index is 13.4. The third-order valence-corrected chi connectivity index (χ3v) is 7.50. The molecule has 1 aromatic carbocycles. The predicted molar refractivity (Wildman–Crippen MR) is 126 cm³/mol. The summed E-state index contributed by atoms with van der Waals surface area (Å²) in [6, 6.07) is 4.74. The molecule has 2 aromatic heterocycles. The molecule has 1 unspecified atom stereocenters. The number of piperidine rings is 1. The van der Waals surface area contributed by atoms with Gasteiger partial charge in [0.25, 0.3) is 5.91 Å². The van der Waals surface area contributed by atoms with E-state index in [4.69, 9.17) is 21.1 Å². The number of amides is 3. The van der Waals surface area contributed by atoms with E-state index in [2.05, 4.69) is 20.5 Å². The van der Waals surface area contributed by atoms with Gasteiger partial charge in [-0.25, -0.2) is 9.78 Å². The summed E-state index contributed by atoms with van der Waals surface area (Å²) in [5.41, 5.74) is 1.45. The first-order valence-corrected chi connectivity index (χ1v) is 11.8. The largest absolute Gasteiger partial charge is 0.454 e. The number of ether oxygens (including phenoxy) is 2. The molecule has 5 heterocycles. The third kappa shape index (κ3) is 3.28. The first-order valence-electron chi connectivity index (χ1n) is 10.6. The minimum absolute atomic E-state index is 0.0499. The Hall–Kier alpha value is -3.08. The molecular formula is C22H20ClN5O4S. The highest BCUT2D eigenvalue weighted by molar-refractivity contribution is 7.21. The zero-order valence-electron chi connectivity index (χ0n) is 17.7. The van der Waals surface area contributed by atoms with E-state index < -0.39 is 6.03 Å². The third-order valence-electron chi connectivity index (χ3n) is 6.10. The Labute approximate surface area is 198 Å². The van der Waals surface area contributed by atoms with Crippen molar-refractivity contribution in [2.75, 3.05) is 37.1 Å². The number of carbonyl (C=O) groups excluding carboxylic acids is 2. The Morgan fingerprint density at radius 3 is 3.06 bits per heavy atom. The van der Waals surface area contributed by atoms with E-state index in [0.29, 0.717) is 48.7 Å². The number of hydrogen-bond acceptors (Lipinski definition) is 7. The van der Waals surface area contributed by atoms with Gasteiger partial charge in [0.05, 0.1) is 21.8 Å². The van der Waals surface area contributed by atoms with Crippen molar-refractivity contribution in [1.29, 1.82) is 0 Å². The fourth-order valence-electron chi connectivity index (χ4n) is 4.64. The van der Waals surface area contributed by atoms with Crippen molar-refractivity contribution in [3.8, 4) is 11.5 Å². The molecule has 3 amide bonds. The van der Waals surface area contributed by atoms with E-state index in [1.807, 2.05) is 7.05 Å². The van der Waals surface area contributed by atoms with Gasteiger partial charge in [-0.3, -0.25) is 9.69 Å². The summed E-state index contributed by atoms with van der Waals surface area (Å²) in [6.45, 7) is 1.88. The summed E-state index contributed by atoms with van der Waals surface area (Å²) in [6.07, 6.45) is 3.58. The number of likely N-dealkylation sites (N-methyl/N-ethyl adjacent to an activating group) is 1. The second kappa shape index (κ2) is 7.75. The van der Waals surface area contributed by atoms with Gasteiger partial charge in [-0.1, -0.05) is 11.6 Å². The molecule has 0 radical (unpaired) electrons. The van der Waals surface area contributed by atoms with Gasteiger partial charge < -0.3 is 25.0 Å². The lowest BCUT2D eigenvalue weighted by Gasteiger charge is -2.31. The Bertz CT molecular complexity index is 1310. The van der Waals surface area contributed by atoms with Gasteiger partial charge >= 0.3 is 6.03 Å². The molecule has 0 spiro atoms. The molecule has 1 atom stereocenters. The van der Waals surface area contributed by atoms with Crippen molar-refractivity contribution in [1.82, 2.24) is 15.2 Å². The van der Waals surface area contributed by atoms with Gasteiger partial charge in [-0.2, -0.15) is 0 Å². The molecule has 2 N–H and O–H groups in total. The summed E-state index contributed by atoms with van der Waals surface area (Å²) in [4.78, 5) is 35.8. The SMILES string of the molecule is CN1CCCC(NC(=O)c2sc3nccc4c3c2NC(=O)N4c2c(Cl)ccc3c2OCO3)C1. The number of thiophene rings is 1. The van der Waals surface area contributed by atoms with Crippen LogP contribution in [0.25, 0.3) is 10.2 Å². The molecule has 0 aliphatic carbocycles. The number of hydrogen-bond donors (Lipinski definition) is 2. The van der Waals surface area contributed by atoms with E-state index in [1.165, 1.54) is 16.2 Å². The van der Waals surface area contributed by atoms with Crippen LogP contribution in [0.3, 0.4) is 0 Å². The molecule has 170 valence electrons. The number of likely N-dealkylation sites (tertiary alicyclic amines) is 1. The van der Waals surface area contributed by atoms with Crippen molar-refractivity contribution >= 4 is 62.2 Å². The van der Waals surface area contributed by atoms with Crippen LogP contribution in [0.1, 0.15) is 22.5 Å². The lowest BCUT2D eigenvalue weighted by Crippen LogP contribution is -2.46. The average Bonchev–Trinajstić information content (AvgIpc) is 3.41. The van der Waals surface area contributed by atoms with Crippen LogP contribution in [-0.2, 0) is 0 Å². The molecule has 3 aliphatic rings. The smallest absolute Gasteiger partial charge is 0.331 e. The molecule has 1 saturated heterocycles. The normalized spacial score (nSPS) is 19.6. The first kappa shape index (κ1) is 20.5. The van der Waals surface area contributed by atoms with E-state index in [0.717, 1.165) is 25.9 Å². The zero-order valence-corrected chi connectivity index (χ0v) is 19.3. The maximum Gasteiger partial charge on any atom is 0.331 e. The van der Waals surface area contributed by atoms with Crippen LogP contribution in [-0.4, -0.2) is 54.8 Å². The standard InChI is InChI=1S/C22H20ClN5O4S/c1-27-8-2-3-11(9-27)25-20(29)19-16-15-13(6-7-24-21(15)33-19)28(22(30)26-16)17-12(23)4-5-14-18(17)32-10-31-14/h4-7,11H,2-3,8-10H2,1H3,(H,25,29)(H,26,30). The molecule has 0 saturated carbocycles. The first-order chi connectivity index (χ1) is 16.0. The number of rotatable bonds is 3. The maximum absolute atomic E-state index is 13.4. The lowest BCUT2D eigenvalue weighted by atomic mass is 10.1. The Balaban J connectivity index is 1.43. The van der Waals surface area contributed by atoms with Crippen LogP contribution in [0, 0.1) is 0 Å². The van der Waals surface area contributed by atoms with Gasteiger partial charge in [-0.05, 0) is 44.6 Å². The van der Waals surface area contributed by atoms with Gasteiger partial charge in [-0.15, -0.1) is 11.3 Å². The van der Waals surface area contributed by atoms with Crippen LogP contribution in [0.5, 0.6) is 11.5 Å². The van der Waals surface area contributed by atoms with Crippen LogP contribution in [0.2, 0.25) is 5.02 Å². The van der Waals surface area contributed by atoms with Gasteiger partial charge in [0, 0.05) is 18.8 Å². The summed E-state index contributed by atoms with van der Waals surface area (Å²) >= 11 is 7.77. The fourth-order valence-corrected chi connectivity index (χ4v) is 5.90. The second-order valence-corrected chi connectivity index (χ2v) is 9.69. The Kier molecular flexibility index (Phi) is 4.82. The number of carbonyl (C=O) groups is 2. The minimum Gasteiger partial charge on any atom is -0.454 e. The van der Waals surface area contributed by atoms with E-state index in [9.17, 15) is 9.59 Å². The zero-order chi connectivity index (χ0) is 22.7. The number of aromatic nitrogens is 1. The van der Waals surface area contributed by atoms with E-state index in [-0.39, 0.29) is 18.7 Å². The summed E-state index contributed by atoms with van der Waals surface area (Å²) < 4.78 is 11.1. The Morgan fingerprint density at radius 1 is 1.33 bits per heavy atom. The number of urea groups is 1. The van der Waals surface area contributed by atoms with Gasteiger partial charge in [0.1, 0.15) is 15.4 Å². The van der Waals surface area contributed by atoms with Crippen molar-refractivity contribution < 1.29 is 19.1 Å². The summed E-state index contributed by atoms with van der Waals surface area (Å²) in [7, 11) is 2.05. The van der Waals surface area contributed by atoms with Crippen molar-refractivity contribution in [2.24, 2.45) is 0 Å². The van der Waals surface area contributed by atoms with E-state index >= 15 is 0 Å². The molecule has 3 aliphatic heterocycles. The molecule has 0 bridgehead atoms. The fraction of sp³-hybridized carbons (Fsp3) is 0.318. The van der Waals surface area contributed by atoms with Crippen LogP contribution in [0.4, 0.5) is 21.9 Å². The highest BCUT2D eigenvalue weighted by Gasteiger charge is 2.37. The van der Waals surface area contributed by atoms with Crippen molar-refractivity contribution in [3.05, 3.63) is 34.3 Å². The van der Waals surface area contributed by atoms with Crippen molar-refractivity contribution in [2.45, 2.75) is 18.9 Å². The van der Waals surface area contributed by atoms with Crippen molar-refractivity contribution in [3.63, 3.8) is 0 Å². The summed E-state index contributed by atoms with van der Waals surface area (Å²) in [5.74, 6) is 0.713. The molecule has 6 rings (SSSR count). The summed E-state index contributed by atoms with van der Waals surface area (Å²) in [5, 5.41) is 7.06. The highest BCUT2D eigenvalue weighted by atomic mass is 35.5. The number of pyridine rings is 1. The van der Waals surface area contributed by atoms with Crippen LogP contribution >= 0.6 is 22.9 Å². The molecule has 33 heavy (non-hydrogen) atoms. The minimum atomic E-state index is -0.439. The number of nitrogens with zero attached hydrogens (tertiary/aromatic N) is 3. The van der Waals surface area contributed by atoms with E-state index in [1.54, 1.807) is 24.4 Å². The molecule has 1 fully saturated rings. The number of benzene rings is 1. The van der Waals surface area contributed by atoms with Crippen LogP contribution < -0.4 is 25.0 Å². The molecular weight excluding hydrogens is 466 g/mol. The predicted octanol–water partition coefficient (Wildman–Crippen LogP) is 4.19. The number of fused-ring (bicyclic) bond motifs is 1. The Morgan fingerprint density at radius 2 is 2.21 bits per heavy atom. The highest BCUT2D eigenvalue weighted by Crippen LogP contribution is 2.52. The lowest BCUT2D eigenvalue weighted by molar-refractivity contribution is 0.0917. The monoisotopic (exact) mass is 485 g/mol. The molecule has 11 heteroatoms. The number of halogens is 1. The van der Waals surface area contributed by atoms with Gasteiger partial charge in [0.15, 0.2) is 11.5 Å². The van der Waals surface area contributed by atoms with Crippen LogP contribution in [0.15, 0.2) is 24.4 Å². The second-order valence-electron chi connectivity index (χ2n) is 8.29. The van der Waals surface area contributed by atoms with Gasteiger partial charge in [0.2, 0.25) is 6.79 Å². The molecule has 3 aromatic rings. The number of nitrogens with one attached hydrogen (secondary N) is 2.